The molecule has 0 spiro atoms. The zero-order chi connectivity index (χ0) is 13.9. The van der Waals surface area contributed by atoms with Crippen LogP contribution in [-0.2, 0) is 6.42 Å². The summed E-state index contributed by atoms with van der Waals surface area (Å²) in [5.74, 6) is 0.293. The van der Waals surface area contributed by atoms with E-state index in [0.29, 0.717) is 11.6 Å². The Bertz CT molecular complexity index is 597. The maximum atomic E-state index is 12.2. The largest absolute Gasteiger partial charge is 0.344 e. The van der Waals surface area contributed by atoms with Crippen LogP contribution in [0.2, 0.25) is 0 Å². The lowest BCUT2D eigenvalue weighted by Crippen LogP contribution is -2.32. The molecule has 0 radical (unpaired) electrons. The molecule has 0 saturated carbocycles. The molecule has 2 aromatic rings. The summed E-state index contributed by atoms with van der Waals surface area (Å²) in [6.45, 7) is 2.20. The van der Waals surface area contributed by atoms with E-state index in [1.807, 2.05) is 6.07 Å². The first-order chi connectivity index (χ1) is 9.75. The van der Waals surface area contributed by atoms with Gasteiger partial charge in [0.15, 0.2) is 5.69 Å². The summed E-state index contributed by atoms with van der Waals surface area (Å²) in [6.07, 6.45) is 4.90. The molecule has 0 aliphatic heterocycles. The number of amides is 1. The number of benzene rings is 1. The van der Waals surface area contributed by atoms with Crippen LogP contribution in [0.5, 0.6) is 0 Å². The van der Waals surface area contributed by atoms with Gasteiger partial charge in [0.25, 0.3) is 5.91 Å². The monoisotopic (exact) mass is 287 g/mol. The van der Waals surface area contributed by atoms with Crippen LogP contribution in [0.25, 0.3) is 0 Å². The molecule has 0 bridgehead atoms. The highest BCUT2D eigenvalue weighted by molar-refractivity contribution is 6.99. The number of carbonyl (C=O) groups excluding carboxylic acids is 1. The summed E-state index contributed by atoms with van der Waals surface area (Å²) in [4.78, 5) is 12.2. The van der Waals surface area contributed by atoms with E-state index < -0.39 is 0 Å². The van der Waals surface area contributed by atoms with Gasteiger partial charge in [-0.05, 0) is 36.3 Å². The summed E-state index contributed by atoms with van der Waals surface area (Å²) in [7, 11) is 0. The molecule has 1 N–H and O–H groups in total. The molecule has 0 fully saturated rings. The van der Waals surface area contributed by atoms with Gasteiger partial charge in [0.05, 0.1) is 24.0 Å². The normalized spacial score (nSPS) is 21.9. The topological polar surface area (TPSA) is 54.9 Å². The number of hydrogen-bond acceptors (Lipinski definition) is 4. The summed E-state index contributed by atoms with van der Waals surface area (Å²) < 4.78 is 7.89. The minimum absolute atomic E-state index is 0.0582. The van der Waals surface area contributed by atoms with Crippen molar-refractivity contribution in [3.8, 4) is 0 Å². The second-order valence-electron chi connectivity index (χ2n) is 5.31. The lowest BCUT2D eigenvalue weighted by Gasteiger charge is -2.24. The van der Waals surface area contributed by atoms with Crippen molar-refractivity contribution in [3.05, 3.63) is 47.3 Å². The molecule has 0 saturated heterocycles. The van der Waals surface area contributed by atoms with Gasteiger partial charge >= 0.3 is 0 Å². The lowest BCUT2D eigenvalue weighted by molar-refractivity contribution is 0.0918. The Labute approximate surface area is 122 Å². The van der Waals surface area contributed by atoms with Crippen molar-refractivity contribution in [2.24, 2.45) is 5.92 Å². The van der Waals surface area contributed by atoms with Gasteiger partial charge in [-0.3, -0.25) is 4.79 Å². The summed E-state index contributed by atoms with van der Waals surface area (Å²) in [5.41, 5.74) is 3.00. The van der Waals surface area contributed by atoms with Gasteiger partial charge in [0, 0.05) is 0 Å². The van der Waals surface area contributed by atoms with Crippen molar-refractivity contribution in [1.82, 2.24) is 14.1 Å². The first-order valence-corrected chi connectivity index (χ1v) is 7.65. The minimum Gasteiger partial charge on any atom is -0.344 e. The fraction of sp³-hybridized carbons (Fsp3) is 0.400. The molecule has 1 aromatic carbocycles. The SMILES string of the molecule is C[C@H]1CCCc2ccccc2[C@H]1NC(=O)c1cnsn1. The van der Waals surface area contributed by atoms with E-state index in [1.165, 1.54) is 23.7 Å². The third-order valence-corrected chi connectivity index (χ3v) is 4.42. The summed E-state index contributed by atoms with van der Waals surface area (Å²) >= 11 is 1.06. The van der Waals surface area contributed by atoms with Crippen LogP contribution in [0.15, 0.2) is 30.5 Å². The van der Waals surface area contributed by atoms with Crippen molar-refractivity contribution in [2.75, 3.05) is 0 Å². The van der Waals surface area contributed by atoms with Gasteiger partial charge in [-0.2, -0.15) is 8.75 Å². The Hall–Kier alpha value is -1.75. The molecule has 1 heterocycles. The van der Waals surface area contributed by atoms with E-state index in [9.17, 15) is 4.79 Å². The predicted molar refractivity (Wildman–Crippen MR) is 78.7 cm³/mol. The third-order valence-electron chi connectivity index (χ3n) is 3.95. The number of hydrogen-bond donors (Lipinski definition) is 1. The Morgan fingerprint density at radius 1 is 1.40 bits per heavy atom. The Kier molecular flexibility index (Phi) is 3.78. The van der Waals surface area contributed by atoms with Crippen molar-refractivity contribution >= 4 is 17.6 Å². The highest BCUT2D eigenvalue weighted by Gasteiger charge is 2.26. The van der Waals surface area contributed by atoms with Gasteiger partial charge in [0.2, 0.25) is 0 Å². The molecule has 1 aromatic heterocycles. The van der Waals surface area contributed by atoms with Gasteiger partial charge in [-0.25, -0.2) is 0 Å². The van der Waals surface area contributed by atoms with Crippen LogP contribution < -0.4 is 5.32 Å². The van der Waals surface area contributed by atoms with Crippen LogP contribution in [0.1, 0.15) is 47.4 Å². The molecule has 20 heavy (non-hydrogen) atoms. The molecule has 1 amide bonds. The summed E-state index contributed by atoms with van der Waals surface area (Å²) in [5, 5.41) is 3.13. The highest BCUT2D eigenvalue weighted by atomic mass is 32.1. The second-order valence-corrected chi connectivity index (χ2v) is 5.87. The standard InChI is InChI=1S/C15H17N3OS/c1-10-5-4-7-11-6-2-3-8-12(11)14(10)17-15(19)13-9-16-20-18-13/h2-3,6,8-10,14H,4-5,7H2,1H3,(H,17,19)/t10-,14-/m0/s1. The molecule has 1 aliphatic carbocycles. The predicted octanol–water partition coefficient (Wildman–Crippen LogP) is 2.98. The number of fused-ring (bicyclic) bond motifs is 1. The number of nitrogens with zero attached hydrogens (tertiary/aromatic N) is 2. The van der Waals surface area contributed by atoms with E-state index >= 15 is 0 Å². The number of rotatable bonds is 2. The molecule has 1 aliphatic rings. The average Bonchev–Trinajstić information content (AvgIpc) is 2.94. The number of carbonyl (C=O) groups is 1. The smallest absolute Gasteiger partial charge is 0.273 e. The van der Waals surface area contributed by atoms with Crippen LogP contribution in [-0.4, -0.2) is 14.7 Å². The Balaban J connectivity index is 1.88. The molecule has 3 rings (SSSR count). The molecular formula is C15H17N3OS. The molecule has 0 unspecified atom stereocenters. The molecule has 104 valence electrons. The first-order valence-electron chi connectivity index (χ1n) is 6.92. The van der Waals surface area contributed by atoms with Crippen LogP contribution >= 0.6 is 11.7 Å². The highest BCUT2D eigenvalue weighted by Crippen LogP contribution is 2.33. The fourth-order valence-electron chi connectivity index (χ4n) is 2.85. The van der Waals surface area contributed by atoms with Gasteiger partial charge in [-0.1, -0.05) is 31.2 Å². The van der Waals surface area contributed by atoms with E-state index in [0.717, 1.165) is 24.6 Å². The molecular weight excluding hydrogens is 270 g/mol. The third kappa shape index (κ3) is 2.58. The Morgan fingerprint density at radius 2 is 2.25 bits per heavy atom. The van der Waals surface area contributed by atoms with E-state index in [4.69, 9.17) is 0 Å². The lowest BCUT2D eigenvalue weighted by atomic mass is 9.92. The van der Waals surface area contributed by atoms with Crippen LogP contribution in [0, 0.1) is 5.92 Å². The molecule has 5 heteroatoms. The first kappa shape index (κ1) is 13.2. The zero-order valence-electron chi connectivity index (χ0n) is 11.4. The van der Waals surface area contributed by atoms with Gasteiger partial charge in [0.1, 0.15) is 0 Å². The molecule has 4 nitrogen and oxygen atoms in total. The number of aryl methyl sites for hydroxylation is 1. The molecule has 2 atom stereocenters. The van der Waals surface area contributed by atoms with Crippen LogP contribution in [0.3, 0.4) is 0 Å². The maximum absolute atomic E-state index is 12.2. The quantitative estimate of drug-likeness (QED) is 0.864. The van der Waals surface area contributed by atoms with Gasteiger partial charge in [-0.15, -0.1) is 0 Å². The van der Waals surface area contributed by atoms with Gasteiger partial charge < -0.3 is 5.32 Å². The van der Waals surface area contributed by atoms with Crippen molar-refractivity contribution < 1.29 is 4.79 Å². The minimum atomic E-state index is -0.132. The van der Waals surface area contributed by atoms with E-state index in [2.05, 4.69) is 39.2 Å². The van der Waals surface area contributed by atoms with Crippen molar-refractivity contribution in [1.29, 1.82) is 0 Å². The number of nitrogens with one attached hydrogen (secondary N) is 1. The van der Waals surface area contributed by atoms with Crippen LogP contribution in [0.4, 0.5) is 0 Å². The van der Waals surface area contributed by atoms with Crippen molar-refractivity contribution in [2.45, 2.75) is 32.2 Å². The van der Waals surface area contributed by atoms with E-state index in [1.54, 1.807) is 0 Å². The zero-order valence-corrected chi connectivity index (χ0v) is 12.2. The Morgan fingerprint density at radius 3 is 3.05 bits per heavy atom. The summed E-state index contributed by atoms with van der Waals surface area (Å²) in [6, 6.07) is 8.46. The average molecular weight is 287 g/mol. The number of aromatic nitrogens is 2. The maximum Gasteiger partial charge on any atom is 0.273 e. The van der Waals surface area contributed by atoms with E-state index in [-0.39, 0.29) is 11.9 Å². The second kappa shape index (κ2) is 5.71. The fourth-order valence-corrected chi connectivity index (χ4v) is 3.26. The van der Waals surface area contributed by atoms with Crippen molar-refractivity contribution in [3.63, 3.8) is 0 Å².